The van der Waals surface area contributed by atoms with E-state index < -0.39 is 0 Å². The number of para-hydroxylation sites is 1. The average molecular weight is 379 g/mol. The molecule has 1 fully saturated rings. The van der Waals surface area contributed by atoms with Crippen LogP contribution >= 0.6 is 0 Å². The topological polar surface area (TPSA) is 84.7 Å². The number of anilines is 1. The number of nitrogens with zero attached hydrogens (tertiary/aromatic N) is 1. The molecular weight excluding hydrogens is 354 g/mol. The minimum atomic E-state index is -0.238. The molecule has 0 bridgehead atoms. The second-order valence-electron chi connectivity index (χ2n) is 7.44. The normalized spacial score (nSPS) is 21.4. The molecule has 2 atom stereocenters. The van der Waals surface area contributed by atoms with Crippen LogP contribution in [0.4, 0.5) is 5.69 Å². The summed E-state index contributed by atoms with van der Waals surface area (Å²) in [7, 11) is 0. The molecule has 0 saturated carbocycles. The van der Waals surface area contributed by atoms with Crippen molar-refractivity contribution in [3.63, 3.8) is 0 Å². The van der Waals surface area contributed by atoms with Crippen molar-refractivity contribution in [1.29, 1.82) is 0 Å². The maximum Gasteiger partial charge on any atom is 0.251 e. The van der Waals surface area contributed by atoms with Gasteiger partial charge in [0.25, 0.3) is 5.91 Å². The molecule has 2 heterocycles. The molecule has 0 radical (unpaired) electrons. The average Bonchev–Trinajstić information content (AvgIpc) is 2.74. The van der Waals surface area contributed by atoms with Crippen LogP contribution in [0.25, 0.3) is 0 Å². The van der Waals surface area contributed by atoms with Gasteiger partial charge in [0.05, 0.1) is 18.6 Å². The van der Waals surface area contributed by atoms with Crippen molar-refractivity contribution in [3.8, 4) is 5.75 Å². The summed E-state index contributed by atoms with van der Waals surface area (Å²) in [6, 6.07) is 15.3. The van der Waals surface area contributed by atoms with Crippen molar-refractivity contribution < 1.29 is 14.3 Å². The number of amides is 2. The first-order valence-corrected chi connectivity index (χ1v) is 9.79. The van der Waals surface area contributed by atoms with Gasteiger partial charge in [0.2, 0.25) is 5.91 Å². The lowest BCUT2D eigenvalue weighted by molar-refractivity contribution is -0.122. The molecule has 2 aromatic rings. The van der Waals surface area contributed by atoms with Crippen LogP contribution in [-0.4, -0.2) is 31.5 Å². The van der Waals surface area contributed by atoms with Gasteiger partial charge in [0, 0.05) is 36.3 Å². The minimum absolute atomic E-state index is 0.0458. The molecule has 2 amide bonds. The van der Waals surface area contributed by atoms with Gasteiger partial charge in [-0.25, -0.2) is 0 Å². The smallest absolute Gasteiger partial charge is 0.251 e. The SMILES string of the molecule is NC(=O)[C@@H]1CCCN(c2ccc(C(=O)N[C@@H]3CCOc4ccccc43)cc2)C1. The van der Waals surface area contributed by atoms with Crippen LogP contribution in [0.1, 0.15) is 41.2 Å². The van der Waals surface area contributed by atoms with Crippen molar-refractivity contribution in [2.75, 3.05) is 24.6 Å². The molecule has 2 aliphatic rings. The Morgan fingerprint density at radius 1 is 1.07 bits per heavy atom. The zero-order valence-corrected chi connectivity index (χ0v) is 15.8. The first kappa shape index (κ1) is 18.3. The number of primary amides is 1. The van der Waals surface area contributed by atoms with Gasteiger partial charge in [0.15, 0.2) is 0 Å². The van der Waals surface area contributed by atoms with Crippen molar-refractivity contribution in [2.24, 2.45) is 11.7 Å². The van der Waals surface area contributed by atoms with Crippen molar-refractivity contribution in [3.05, 3.63) is 59.7 Å². The van der Waals surface area contributed by atoms with E-state index >= 15 is 0 Å². The number of hydrogen-bond acceptors (Lipinski definition) is 4. The Morgan fingerprint density at radius 2 is 1.86 bits per heavy atom. The summed E-state index contributed by atoms with van der Waals surface area (Å²) in [6.45, 7) is 2.13. The van der Waals surface area contributed by atoms with E-state index in [1.807, 2.05) is 48.5 Å². The Hall–Kier alpha value is -3.02. The largest absolute Gasteiger partial charge is 0.493 e. The number of nitrogens with one attached hydrogen (secondary N) is 1. The summed E-state index contributed by atoms with van der Waals surface area (Å²) in [5, 5.41) is 3.12. The molecule has 0 aromatic heterocycles. The van der Waals surface area contributed by atoms with Crippen LogP contribution < -0.4 is 20.7 Å². The van der Waals surface area contributed by atoms with E-state index in [1.54, 1.807) is 0 Å². The van der Waals surface area contributed by atoms with Gasteiger partial charge in [-0.2, -0.15) is 0 Å². The molecule has 6 heteroatoms. The lowest BCUT2D eigenvalue weighted by Gasteiger charge is -2.33. The number of fused-ring (bicyclic) bond motifs is 1. The molecular formula is C22H25N3O3. The fraction of sp³-hybridized carbons (Fsp3) is 0.364. The van der Waals surface area contributed by atoms with Crippen molar-refractivity contribution >= 4 is 17.5 Å². The van der Waals surface area contributed by atoms with E-state index in [-0.39, 0.29) is 23.8 Å². The summed E-state index contributed by atoms with van der Waals surface area (Å²) < 4.78 is 5.66. The van der Waals surface area contributed by atoms with E-state index in [4.69, 9.17) is 10.5 Å². The quantitative estimate of drug-likeness (QED) is 0.855. The van der Waals surface area contributed by atoms with Gasteiger partial charge < -0.3 is 20.7 Å². The molecule has 4 rings (SSSR count). The van der Waals surface area contributed by atoms with E-state index in [2.05, 4.69) is 10.2 Å². The monoisotopic (exact) mass is 379 g/mol. The maximum atomic E-state index is 12.7. The minimum Gasteiger partial charge on any atom is -0.493 e. The van der Waals surface area contributed by atoms with Gasteiger partial charge in [-0.1, -0.05) is 18.2 Å². The molecule has 2 aromatic carbocycles. The summed E-state index contributed by atoms with van der Waals surface area (Å²) in [5.74, 6) is 0.396. The molecule has 3 N–H and O–H groups in total. The Morgan fingerprint density at radius 3 is 2.64 bits per heavy atom. The lowest BCUT2D eigenvalue weighted by atomic mass is 9.97. The van der Waals surface area contributed by atoms with E-state index in [0.717, 1.165) is 42.8 Å². The van der Waals surface area contributed by atoms with E-state index in [1.165, 1.54) is 0 Å². The predicted molar refractivity (Wildman–Crippen MR) is 107 cm³/mol. The van der Waals surface area contributed by atoms with Crippen LogP contribution in [0.2, 0.25) is 0 Å². The van der Waals surface area contributed by atoms with Gasteiger partial charge in [-0.15, -0.1) is 0 Å². The van der Waals surface area contributed by atoms with Crippen molar-refractivity contribution in [1.82, 2.24) is 5.32 Å². The highest BCUT2D eigenvalue weighted by atomic mass is 16.5. The Kier molecular flexibility index (Phi) is 5.19. The standard InChI is InChI=1S/C22H25N3O3/c23-21(26)16-4-3-12-25(14-16)17-9-7-15(8-10-17)22(27)24-19-11-13-28-20-6-2-1-5-18(19)20/h1-2,5-10,16,19H,3-4,11-14H2,(H2,23,26)(H,24,27)/t16-,19-/m1/s1. The predicted octanol–water partition coefficient (Wildman–Crippen LogP) is 2.64. The lowest BCUT2D eigenvalue weighted by Crippen LogP contribution is -2.41. The Bertz CT molecular complexity index is 866. The highest BCUT2D eigenvalue weighted by molar-refractivity contribution is 5.94. The number of benzene rings is 2. The second-order valence-corrected chi connectivity index (χ2v) is 7.44. The number of ether oxygens (including phenoxy) is 1. The highest BCUT2D eigenvalue weighted by Crippen LogP contribution is 2.32. The Labute approximate surface area is 164 Å². The first-order valence-electron chi connectivity index (χ1n) is 9.79. The summed E-state index contributed by atoms with van der Waals surface area (Å²) in [5.41, 5.74) is 8.12. The third-order valence-corrected chi connectivity index (χ3v) is 5.58. The molecule has 146 valence electrons. The van der Waals surface area contributed by atoms with Crippen LogP contribution in [0, 0.1) is 5.92 Å². The second kappa shape index (κ2) is 7.92. The zero-order valence-electron chi connectivity index (χ0n) is 15.8. The number of carbonyl (C=O) groups is 2. The van der Waals surface area contributed by atoms with Gasteiger partial charge in [0.1, 0.15) is 5.75 Å². The molecule has 6 nitrogen and oxygen atoms in total. The third kappa shape index (κ3) is 3.81. The van der Waals surface area contributed by atoms with E-state index in [9.17, 15) is 9.59 Å². The number of hydrogen-bond donors (Lipinski definition) is 2. The van der Waals surface area contributed by atoms with Gasteiger partial charge in [-0.05, 0) is 43.2 Å². The van der Waals surface area contributed by atoms with Crippen LogP contribution in [0.3, 0.4) is 0 Å². The molecule has 0 spiro atoms. The van der Waals surface area contributed by atoms with Crippen LogP contribution in [-0.2, 0) is 4.79 Å². The third-order valence-electron chi connectivity index (χ3n) is 5.58. The Balaban J connectivity index is 1.43. The van der Waals surface area contributed by atoms with Gasteiger partial charge >= 0.3 is 0 Å². The molecule has 28 heavy (non-hydrogen) atoms. The van der Waals surface area contributed by atoms with Crippen LogP contribution in [0.15, 0.2) is 48.5 Å². The number of piperidine rings is 1. The number of nitrogens with two attached hydrogens (primary N) is 1. The molecule has 0 aliphatic carbocycles. The fourth-order valence-corrected chi connectivity index (χ4v) is 4.00. The fourth-order valence-electron chi connectivity index (χ4n) is 4.00. The number of carbonyl (C=O) groups excluding carboxylic acids is 2. The highest BCUT2D eigenvalue weighted by Gasteiger charge is 2.25. The maximum absolute atomic E-state index is 12.7. The summed E-state index contributed by atoms with van der Waals surface area (Å²) in [4.78, 5) is 26.4. The summed E-state index contributed by atoms with van der Waals surface area (Å²) in [6.07, 6.45) is 2.54. The van der Waals surface area contributed by atoms with Crippen molar-refractivity contribution in [2.45, 2.75) is 25.3 Å². The number of rotatable bonds is 4. The molecule has 1 saturated heterocycles. The first-order chi connectivity index (χ1) is 13.6. The van der Waals surface area contributed by atoms with E-state index in [0.29, 0.717) is 18.7 Å². The van der Waals surface area contributed by atoms with Crippen LogP contribution in [0.5, 0.6) is 5.75 Å². The zero-order chi connectivity index (χ0) is 19.5. The molecule has 0 unspecified atom stereocenters. The van der Waals surface area contributed by atoms with Gasteiger partial charge in [-0.3, -0.25) is 9.59 Å². The molecule has 2 aliphatic heterocycles. The summed E-state index contributed by atoms with van der Waals surface area (Å²) >= 11 is 0.